The first-order valence-corrected chi connectivity index (χ1v) is 6.78. The maximum Gasteiger partial charge on any atom is 0.121 e. The number of phenols is 1. The number of hydrogen-bond donors (Lipinski definition) is 2. The van der Waals surface area contributed by atoms with Gasteiger partial charge in [-0.25, -0.2) is 0 Å². The van der Waals surface area contributed by atoms with Crippen molar-refractivity contribution < 1.29 is 9.84 Å². The van der Waals surface area contributed by atoms with Crippen LogP contribution in [0.15, 0.2) is 46.9 Å². The molecule has 4 heteroatoms. The van der Waals surface area contributed by atoms with Gasteiger partial charge in [0.1, 0.15) is 11.5 Å². The van der Waals surface area contributed by atoms with Crippen LogP contribution in [0.3, 0.4) is 0 Å². The van der Waals surface area contributed by atoms with Crippen LogP contribution in [0.4, 0.5) is 5.69 Å². The Morgan fingerprint density at radius 2 is 2.00 bits per heavy atom. The molecule has 0 spiro atoms. The predicted octanol–water partition coefficient (Wildman–Crippen LogP) is 4.34. The highest BCUT2D eigenvalue weighted by molar-refractivity contribution is 9.10. The fourth-order valence-electron chi connectivity index (χ4n) is 1.91. The molecule has 2 aromatic carbocycles. The molecule has 2 N–H and O–H groups in total. The first-order valence-electron chi connectivity index (χ1n) is 5.99. The van der Waals surface area contributed by atoms with E-state index in [4.69, 9.17) is 4.74 Å². The molecule has 0 radical (unpaired) electrons. The molecule has 0 aliphatic carbocycles. The van der Waals surface area contributed by atoms with Crippen molar-refractivity contribution in [3.63, 3.8) is 0 Å². The number of aromatic hydroxyl groups is 1. The van der Waals surface area contributed by atoms with Gasteiger partial charge in [-0.05, 0) is 43.3 Å². The van der Waals surface area contributed by atoms with Gasteiger partial charge in [0.2, 0.25) is 0 Å². The van der Waals surface area contributed by atoms with Gasteiger partial charge in [-0.2, -0.15) is 0 Å². The zero-order valence-corrected chi connectivity index (χ0v) is 12.4. The maximum atomic E-state index is 9.93. The van der Waals surface area contributed by atoms with Crippen LogP contribution >= 0.6 is 15.9 Å². The molecule has 0 fully saturated rings. The van der Waals surface area contributed by atoms with E-state index in [1.54, 1.807) is 19.2 Å². The molecule has 2 aromatic rings. The van der Waals surface area contributed by atoms with Crippen LogP contribution in [0, 0.1) is 0 Å². The number of rotatable bonds is 4. The topological polar surface area (TPSA) is 41.5 Å². The number of anilines is 1. The summed E-state index contributed by atoms with van der Waals surface area (Å²) in [6, 6.07) is 13.1. The molecule has 0 aliphatic rings. The van der Waals surface area contributed by atoms with Crippen molar-refractivity contribution in [3.8, 4) is 11.5 Å². The molecule has 0 heterocycles. The van der Waals surface area contributed by atoms with E-state index in [1.807, 2.05) is 37.3 Å². The van der Waals surface area contributed by atoms with Crippen LogP contribution in [0.2, 0.25) is 0 Å². The van der Waals surface area contributed by atoms with Gasteiger partial charge < -0.3 is 15.2 Å². The lowest BCUT2D eigenvalue weighted by Gasteiger charge is -2.18. The van der Waals surface area contributed by atoms with Crippen molar-refractivity contribution in [2.45, 2.75) is 13.0 Å². The van der Waals surface area contributed by atoms with Gasteiger partial charge in [0, 0.05) is 15.7 Å². The minimum atomic E-state index is -0.0237. The number of benzene rings is 2. The highest BCUT2D eigenvalue weighted by Crippen LogP contribution is 2.30. The van der Waals surface area contributed by atoms with E-state index in [0.717, 1.165) is 21.5 Å². The average molecular weight is 322 g/mol. The number of nitrogens with one attached hydrogen (secondary N) is 1. The molecule has 3 nitrogen and oxygen atoms in total. The summed E-state index contributed by atoms with van der Waals surface area (Å²) in [5.41, 5.74) is 1.79. The van der Waals surface area contributed by atoms with Crippen LogP contribution in [0.5, 0.6) is 11.5 Å². The van der Waals surface area contributed by atoms with Gasteiger partial charge >= 0.3 is 0 Å². The third kappa shape index (κ3) is 3.41. The summed E-state index contributed by atoms with van der Waals surface area (Å²) < 4.78 is 6.20. The van der Waals surface area contributed by atoms with Gasteiger partial charge in [0.15, 0.2) is 0 Å². The minimum absolute atomic E-state index is 0.0237. The Kier molecular flexibility index (Phi) is 4.32. The van der Waals surface area contributed by atoms with Crippen molar-refractivity contribution in [1.29, 1.82) is 0 Å². The zero-order chi connectivity index (χ0) is 13.8. The van der Waals surface area contributed by atoms with Crippen molar-refractivity contribution in [3.05, 3.63) is 52.5 Å². The second kappa shape index (κ2) is 5.97. The lowest BCUT2D eigenvalue weighted by atomic mass is 10.1. The van der Waals surface area contributed by atoms with Crippen LogP contribution < -0.4 is 10.1 Å². The second-order valence-electron chi connectivity index (χ2n) is 4.30. The normalized spacial score (nSPS) is 11.9. The van der Waals surface area contributed by atoms with Gasteiger partial charge in [-0.3, -0.25) is 0 Å². The Hall–Kier alpha value is -1.68. The first kappa shape index (κ1) is 13.7. The van der Waals surface area contributed by atoms with E-state index in [1.165, 1.54) is 0 Å². The van der Waals surface area contributed by atoms with Crippen molar-refractivity contribution >= 4 is 21.6 Å². The summed E-state index contributed by atoms with van der Waals surface area (Å²) in [7, 11) is 1.61. The van der Waals surface area contributed by atoms with Gasteiger partial charge in [-0.1, -0.05) is 22.0 Å². The molecular weight excluding hydrogens is 306 g/mol. The second-order valence-corrected chi connectivity index (χ2v) is 5.22. The molecule has 19 heavy (non-hydrogen) atoms. The minimum Gasteiger partial charge on any atom is -0.508 e. The van der Waals surface area contributed by atoms with Gasteiger partial charge in [0.05, 0.1) is 13.2 Å². The number of halogens is 1. The fourth-order valence-corrected chi connectivity index (χ4v) is 2.31. The number of hydrogen-bond acceptors (Lipinski definition) is 3. The molecule has 0 bridgehead atoms. The summed E-state index contributed by atoms with van der Waals surface area (Å²) in [6.07, 6.45) is 0. The van der Waals surface area contributed by atoms with Crippen molar-refractivity contribution in [2.75, 3.05) is 12.4 Å². The summed E-state index contributed by atoms with van der Waals surface area (Å²) in [5.74, 6) is 0.992. The molecule has 0 aromatic heterocycles. The van der Waals surface area contributed by atoms with Gasteiger partial charge in [-0.15, -0.1) is 0 Å². The molecule has 2 rings (SSSR count). The van der Waals surface area contributed by atoms with Crippen molar-refractivity contribution in [1.82, 2.24) is 0 Å². The maximum absolute atomic E-state index is 9.93. The van der Waals surface area contributed by atoms with Gasteiger partial charge in [0.25, 0.3) is 0 Å². The molecular formula is C15H16BrNO2. The lowest BCUT2D eigenvalue weighted by molar-refractivity contribution is 0.410. The quantitative estimate of drug-likeness (QED) is 0.880. The van der Waals surface area contributed by atoms with E-state index in [0.29, 0.717) is 0 Å². The monoisotopic (exact) mass is 321 g/mol. The zero-order valence-electron chi connectivity index (χ0n) is 10.9. The Morgan fingerprint density at radius 1 is 1.21 bits per heavy atom. The van der Waals surface area contributed by atoms with Crippen LogP contribution in [-0.4, -0.2) is 12.2 Å². The summed E-state index contributed by atoms with van der Waals surface area (Å²) in [5, 5.41) is 13.3. The van der Waals surface area contributed by atoms with E-state index in [9.17, 15) is 5.11 Å². The molecule has 0 amide bonds. The third-order valence-corrected chi connectivity index (χ3v) is 3.40. The molecule has 100 valence electrons. The smallest absolute Gasteiger partial charge is 0.121 e. The predicted molar refractivity (Wildman–Crippen MR) is 80.8 cm³/mol. The summed E-state index contributed by atoms with van der Waals surface area (Å²) in [4.78, 5) is 0. The van der Waals surface area contributed by atoms with Crippen LogP contribution in [0.25, 0.3) is 0 Å². The Morgan fingerprint density at radius 3 is 2.68 bits per heavy atom. The van der Waals surface area contributed by atoms with E-state index >= 15 is 0 Å². The first-order chi connectivity index (χ1) is 9.10. The average Bonchev–Trinajstić information content (AvgIpc) is 2.39. The summed E-state index contributed by atoms with van der Waals surface area (Å²) in [6.45, 7) is 2.00. The fraction of sp³-hybridized carbons (Fsp3) is 0.200. The SMILES string of the molecule is COc1ccc(O)c(C(C)Nc2cccc(Br)c2)c1. The Labute approximate surface area is 121 Å². The standard InChI is InChI=1S/C15H16BrNO2/c1-10(17-12-5-3-4-11(16)8-12)14-9-13(19-2)6-7-15(14)18/h3-10,17-18H,1-2H3. The van der Waals surface area contributed by atoms with E-state index < -0.39 is 0 Å². The molecule has 1 unspecified atom stereocenters. The number of phenolic OH excluding ortho intramolecular Hbond substituents is 1. The third-order valence-electron chi connectivity index (χ3n) is 2.91. The Bertz CT molecular complexity index is 572. The van der Waals surface area contributed by atoms with Crippen molar-refractivity contribution in [2.24, 2.45) is 0 Å². The molecule has 1 atom stereocenters. The number of ether oxygens (including phenoxy) is 1. The lowest BCUT2D eigenvalue weighted by Crippen LogP contribution is -2.07. The molecule has 0 saturated carbocycles. The number of methoxy groups -OCH3 is 1. The summed E-state index contributed by atoms with van der Waals surface area (Å²) >= 11 is 3.44. The highest BCUT2D eigenvalue weighted by atomic mass is 79.9. The molecule has 0 aliphatic heterocycles. The Balaban J connectivity index is 2.22. The highest BCUT2D eigenvalue weighted by Gasteiger charge is 2.11. The van der Waals surface area contributed by atoms with E-state index in [-0.39, 0.29) is 11.8 Å². The molecule has 0 saturated heterocycles. The largest absolute Gasteiger partial charge is 0.508 e. The van der Waals surface area contributed by atoms with Crippen LogP contribution in [-0.2, 0) is 0 Å². The van der Waals surface area contributed by atoms with Crippen LogP contribution in [0.1, 0.15) is 18.5 Å². The van der Waals surface area contributed by atoms with E-state index in [2.05, 4.69) is 21.2 Å².